The fourth-order valence-corrected chi connectivity index (χ4v) is 3.14. The van der Waals surface area contributed by atoms with Gasteiger partial charge in [-0.05, 0) is 57.6 Å². The fraction of sp³-hybridized carbons (Fsp3) is 0.750. The maximum atomic E-state index is 4.24. The largest absolute Gasteiger partial charge is 0.314 e. The van der Waals surface area contributed by atoms with Gasteiger partial charge in [-0.25, -0.2) is 0 Å². The molecule has 2 rings (SSSR count). The van der Waals surface area contributed by atoms with Gasteiger partial charge in [-0.1, -0.05) is 17.7 Å². The van der Waals surface area contributed by atoms with Gasteiger partial charge in [-0.15, -0.1) is 0 Å². The first-order valence-electron chi connectivity index (χ1n) is 7.57. The topological polar surface area (TPSA) is 15.3 Å². The molecule has 2 fully saturated rings. The highest BCUT2D eigenvalue weighted by atomic mass is 15.2. The van der Waals surface area contributed by atoms with Crippen LogP contribution in [0.3, 0.4) is 0 Å². The molecule has 0 radical (unpaired) electrons. The fourth-order valence-electron chi connectivity index (χ4n) is 3.14. The van der Waals surface area contributed by atoms with Gasteiger partial charge in [0.25, 0.3) is 0 Å². The van der Waals surface area contributed by atoms with Crippen LogP contribution in [-0.4, -0.2) is 37.6 Å². The van der Waals surface area contributed by atoms with Gasteiger partial charge >= 0.3 is 0 Å². The number of nitrogens with zero attached hydrogens (tertiary/aromatic N) is 1. The van der Waals surface area contributed by atoms with E-state index < -0.39 is 0 Å². The van der Waals surface area contributed by atoms with Crippen LogP contribution < -0.4 is 5.32 Å². The third-order valence-corrected chi connectivity index (χ3v) is 4.33. The van der Waals surface area contributed by atoms with E-state index in [4.69, 9.17) is 0 Å². The quantitative estimate of drug-likeness (QED) is 0.822. The van der Waals surface area contributed by atoms with Crippen molar-refractivity contribution in [1.82, 2.24) is 10.2 Å². The number of allylic oxidation sites excluding steroid dienone is 3. The summed E-state index contributed by atoms with van der Waals surface area (Å²) < 4.78 is 0. The van der Waals surface area contributed by atoms with Crippen LogP contribution in [0.1, 0.15) is 45.4 Å². The number of nitrogens with one attached hydrogen (secondary N) is 1. The maximum absolute atomic E-state index is 4.24. The molecular weight excluding hydrogens is 220 g/mol. The van der Waals surface area contributed by atoms with Crippen LogP contribution in [0.2, 0.25) is 0 Å². The number of rotatable bonds is 4. The molecule has 0 amide bonds. The molecule has 1 saturated carbocycles. The SMILES string of the molecule is C=C1CCCC/C1=C(/C)CCCN1CCNCC1. The average molecular weight is 248 g/mol. The Labute approximate surface area is 112 Å². The van der Waals surface area contributed by atoms with Crippen molar-refractivity contribution in [2.45, 2.75) is 45.4 Å². The van der Waals surface area contributed by atoms with E-state index in [0.717, 1.165) is 13.1 Å². The van der Waals surface area contributed by atoms with Crippen LogP contribution in [0.15, 0.2) is 23.3 Å². The molecule has 1 aliphatic heterocycles. The molecule has 102 valence electrons. The van der Waals surface area contributed by atoms with Gasteiger partial charge in [-0.2, -0.15) is 0 Å². The zero-order chi connectivity index (χ0) is 12.8. The number of hydrogen-bond donors (Lipinski definition) is 1. The first kappa shape index (κ1) is 13.8. The van der Waals surface area contributed by atoms with E-state index in [1.807, 2.05) is 0 Å². The van der Waals surface area contributed by atoms with Crippen molar-refractivity contribution in [2.24, 2.45) is 0 Å². The molecular formula is C16H28N2. The van der Waals surface area contributed by atoms with Crippen LogP contribution in [0.4, 0.5) is 0 Å². The number of hydrogen-bond acceptors (Lipinski definition) is 2. The molecule has 2 nitrogen and oxygen atoms in total. The van der Waals surface area contributed by atoms with Gasteiger partial charge in [0.05, 0.1) is 0 Å². The first-order chi connectivity index (χ1) is 8.77. The zero-order valence-electron chi connectivity index (χ0n) is 11.9. The summed E-state index contributed by atoms with van der Waals surface area (Å²) in [6.45, 7) is 12.6. The molecule has 1 aliphatic carbocycles. The van der Waals surface area contributed by atoms with E-state index in [9.17, 15) is 0 Å². The molecule has 18 heavy (non-hydrogen) atoms. The van der Waals surface area contributed by atoms with Gasteiger partial charge in [0.2, 0.25) is 0 Å². The molecule has 0 unspecified atom stereocenters. The van der Waals surface area contributed by atoms with Crippen molar-refractivity contribution in [3.05, 3.63) is 23.3 Å². The Kier molecular flexibility index (Phi) is 5.45. The summed E-state index contributed by atoms with van der Waals surface area (Å²) in [5.41, 5.74) is 4.62. The Bertz CT molecular complexity index is 311. The lowest BCUT2D eigenvalue weighted by Crippen LogP contribution is -2.43. The highest BCUT2D eigenvalue weighted by molar-refractivity contribution is 5.34. The summed E-state index contributed by atoms with van der Waals surface area (Å²) in [4.78, 5) is 2.59. The predicted octanol–water partition coefficient (Wildman–Crippen LogP) is 3.12. The van der Waals surface area contributed by atoms with Gasteiger partial charge in [0.15, 0.2) is 0 Å². The molecule has 2 heteroatoms. The van der Waals surface area contributed by atoms with E-state index in [2.05, 4.69) is 23.7 Å². The average Bonchev–Trinajstić information content (AvgIpc) is 2.40. The van der Waals surface area contributed by atoms with E-state index in [1.165, 1.54) is 63.7 Å². The van der Waals surface area contributed by atoms with Crippen molar-refractivity contribution in [2.75, 3.05) is 32.7 Å². The molecule has 0 aromatic rings. The van der Waals surface area contributed by atoms with Crippen molar-refractivity contribution < 1.29 is 0 Å². The lowest BCUT2D eigenvalue weighted by atomic mass is 9.86. The Morgan fingerprint density at radius 3 is 2.67 bits per heavy atom. The standard InChI is InChI=1S/C16H28N2/c1-14-6-3-4-8-16(14)15(2)7-5-11-18-12-9-17-10-13-18/h17H,1,3-13H2,2H3/b16-15+. The number of piperazine rings is 1. The van der Waals surface area contributed by atoms with E-state index >= 15 is 0 Å². The van der Waals surface area contributed by atoms with E-state index in [-0.39, 0.29) is 0 Å². The molecule has 0 aromatic heterocycles. The first-order valence-corrected chi connectivity index (χ1v) is 7.57. The minimum atomic E-state index is 1.16. The van der Waals surface area contributed by atoms with Gasteiger partial charge in [-0.3, -0.25) is 0 Å². The van der Waals surface area contributed by atoms with Crippen LogP contribution in [0.25, 0.3) is 0 Å². The molecule has 1 saturated heterocycles. The van der Waals surface area contributed by atoms with E-state index in [1.54, 1.807) is 11.1 Å². The maximum Gasteiger partial charge on any atom is 0.0107 e. The molecule has 0 aromatic carbocycles. The molecule has 1 N–H and O–H groups in total. The summed E-state index contributed by atoms with van der Waals surface area (Å²) >= 11 is 0. The third kappa shape index (κ3) is 3.96. The Hall–Kier alpha value is -0.600. The highest BCUT2D eigenvalue weighted by Crippen LogP contribution is 2.31. The third-order valence-electron chi connectivity index (χ3n) is 4.33. The normalized spacial score (nSPS) is 25.3. The van der Waals surface area contributed by atoms with Crippen LogP contribution >= 0.6 is 0 Å². The smallest absolute Gasteiger partial charge is 0.0107 e. The summed E-state index contributed by atoms with van der Waals surface area (Å²) in [6, 6.07) is 0. The Morgan fingerprint density at radius 1 is 1.22 bits per heavy atom. The minimum absolute atomic E-state index is 1.16. The molecule has 0 spiro atoms. The second kappa shape index (κ2) is 7.10. The second-order valence-electron chi connectivity index (χ2n) is 5.76. The lowest BCUT2D eigenvalue weighted by molar-refractivity contribution is 0.238. The van der Waals surface area contributed by atoms with Crippen molar-refractivity contribution >= 4 is 0 Å². The van der Waals surface area contributed by atoms with E-state index in [0.29, 0.717) is 0 Å². The summed E-state index contributed by atoms with van der Waals surface area (Å²) in [7, 11) is 0. The highest BCUT2D eigenvalue weighted by Gasteiger charge is 2.13. The van der Waals surface area contributed by atoms with Crippen LogP contribution in [0.5, 0.6) is 0 Å². The molecule has 0 bridgehead atoms. The lowest BCUT2D eigenvalue weighted by Gasteiger charge is -2.27. The second-order valence-corrected chi connectivity index (χ2v) is 5.76. The van der Waals surface area contributed by atoms with Crippen molar-refractivity contribution in [1.29, 1.82) is 0 Å². The monoisotopic (exact) mass is 248 g/mol. The van der Waals surface area contributed by atoms with Crippen LogP contribution in [0, 0.1) is 0 Å². The summed E-state index contributed by atoms with van der Waals surface area (Å²) in [6.07, 6.45) is 7.78. The van der Waals surface area contributed by atoms with Crippen molar-refractivity contribution in [3.8, 4) is 0 Å². The van der Waals surface area contributed by atoms with Crippen LogP contribution in [-0.2, 0) is 0 Å². The van der Waals surface area contributed by atoms with Gasteiger partial charge in [0, 0.05) is 26.2 Å². The van der Waals surface area contributed by atoms with Gasteiger partial charge in [0.1, 0.15) is 0 Å². The Balaban J connectivity index is 1.74. The predicted molar refractivity (Wildman–Crippen MR) is 78.9 cm³/mol. The molecule has 0 atom stereocenters. The summed E-state index contributed by atoms with van der Waals surface area (Å²) in [5, 5.41) is 3.41. The minimum Gasteiger partial charge on any atom is -0.314 e. The molecule has 2 aliphatic rings. The molecule has 1 heterocycles. The van der Waals surface area contributed by atoms with Gasteiger partial charge < -0.3 is 10.2 Å². The Morgan fingerprint density at radius 2 is 1.94 bits per heavy atom. The summed E-state index contributed by atoms with van der Waals surface area (Å²) in [5.74, 6) is 0. The van der Waals surface area contributed by atoms with Crippen molar-refractivity contribution in [3.63, 3.8) is 0 Å². The zero-order valence-corrected chi connectivity index (χ0v) is 11.9.